The fourth-order valence-electron chi connectivity index (χ4n) is 1.31. The number of aryl methyl sites for hydroxylation is 1. The number of halogens is 1. The zero-order chi connectivity index (χ0) is 10.8. The number of aromatic nitrogens is 3. The van der Waals surface area contributed by atoms with E-state index in [-0.39, 0.29) is 0 Å². The third-order valence-electron chi connectivity index (χ3n) is 1.98. The minimum atomic E-state index is 0.396. The lowest BCUT2D eigenvalue weighted by Crippen LogP contribution is -1.89. The number of rotatable bonds is 1. The number of nitrogens with one attached hydrogen (secondary N) is 1. The maximum atomic E-state index is 5.80. The first-order chi connectivity index (χ1) is 7.16. The predicted octanol–water partition coefficient (Wildman–Crippen LogP) is 3.16. The molecule has 5 heteroatoms. The number of aromatic amines is 1. The Bertz CT molecular complexity index is 550. The summed E-state index contributed by atoms with van der Waals surface area (Å²) in [4.78, 5) is 4.12. The lowest BCUT2D eigenvalue weighted by atomic mass is 10.1. The lowest BCUT2D eigenvalue weighted by Gasteiger charge is -2.02. The average molecular weight is 238 g/mol. The molecule has 0 unspecified atom stereocenters. The van der Waals surface area contributed by atoms with Crippen LogP contribution in [0.3, 0.4) is 0 Å². The van der Waals surface area contributed by atoms with Crippen LogP contribution in [0.5, 0.6) is 0 Å². The third kappa shape index (κ3) is 2.22. The second kappa shape index (κ2) is 4.08. The van der Waals surface area contributed by atoms with Crippen molar-refractivity contribution in [3.8, 4) is 11.1 Å². The van der Waals surface area contributed by atoms with Gasteiger partial charge in [0.05, 0.1) is 0 Å². The molecule has 0 aromatic carbocycles. The Hall–Kier alpha value is -1.26. The summed E-state index contributed by atoms with van der Waals surface area (Å²) in [6, 6.07) is 5.59. The van der Waals surface area contributed by atoms with Crippen molar-refractivity contribution < 1.29 is 0 Å². The van der Waals surface area contributed by atoms with Crippen LogP contribution in [0.25, 0.3) is 11.1 Å². The summed E-state index contributed by atoms with van der Waals surface area (Å²) in [6.45, 7) is 1.93. The van der Waals surface area contributed by atoms with Crippen molar-refractivity contribution >= 4 is 23.8 Å². The summed E-state index contributed by atoms with van der Waals surface area (Å²) in [5.41, 5.74) is 2.80. The summed E-state index contributed by atoms with van der Waals surface area (Å²) < 4.78 is 0.574. The van der Waals surface area contributed by atoms with Crippen molar-refractivity contribution in [2.45, 2.75) is 6.92 Å². The van der Waals surface area contributed by atoms with Crippen molar-refractivity contribution in [3.05, 3.63) is 39.9 Å². The van der Waals surface area contributed by atoms with Crippen LogP contribution in [-0.2, 0) is 0 Å². The number of hydrogen-bond donors (Lipinski definition) is 1. The van der Waals surface area contributed by atoms with E-state index in [1.165, 1.54) is 0 Å². The van der Waals surface area contributed by atoms with E-state index in [2.05, 4.69) is 15.2 Å². The van der Waals surface area contributed by atoms with E-state index in [0.29, 0.717) is 9.79 Å². The second-order valence-corrected chi connectivity index (χ2v) is 3.91. The summed E-state index contributed by atoms with van der Waals surface area (Å²) >= 11 is 10.9. The van der Waals surface area contributed by atoms with Gasteiger partial charge in [0.25, 0.3) is 0 Å². The van der Waals surface area contributed by atoms with Gasteiger partial charge in [-0.25, -0.2) is 0 Å². The molecule has 0 spiro atoms. The zero-order valence-electron chi connectivity index (χ0n) is 7.99. The molecule has 1 N–H and O–H groups in total. The van der Waals surface area contributed by atoms with E-state index in [4.69, 9.17) is 23.8 Å². The van der Waals surface area contributed by atoms with Gasteiger partial charge in [0, 0.05) is 17.5 Å². The van der Waals surface area contributed by atoms with Crippen LogP contribution >= 0.6 is 23.8 Å². The minimum Gasteiger partial charge on any atom is -0.266 e. The number of H-pyrrole nitrogens is 1. The van der Waals surface area contributed by atoms with Gasteiger partial charge in [0.2, 0.25) is 0 Å². The van der Waals surface area contributed by atoms with Gasteiger partial charge in [-0.3, -0.25) is 10.1 Å². The summed E-state index contributed by atoms with van der Waals surface area (Å²) in [7, 11) is 0. The highest BCUT2D eigenvalue weighted by atomic mass is 35.5. The van der Waals surface area contributed by atoms with Crippen molar-refractivity contribution in [2.24, 2.45) is 0 Å². The molecule has 76 valence electrons. The first-order valence-electron chi connectivity index (χ1n) is 4.35. The van der Waals surface area contributed by atoms with Gasteiger partial charge in [-0.05, 0) is 30.7 Å². The maximum absolute atomic E-state index is 5.80. The lowest BCUT2D eigenvalue weighted by molar-refractivity contribution is 1.02. The van der Waals surface area contributed by atoms with E-state index in [9.17, 15) is 0 Å². The molecule has 2 aromatic rings. The molecule has 0 saturated carbocycles. The average Bonchev–Trinajstić information content (AvgIpc) is 2.22. The van der Waals surface area contributed by atoms with Crippen LogP contribution in [0.1, 0.15) is 5.69 Å². The van der Waals surface area contributed by atoms with Crippen LogP contribution in [0, 0.1) is 11.6 Å². The van der Waals surface area contributed by atoms with E-state index in [1.54, 1.807) is 12.3 Å². The van der Waals surface area contributed by atoms with Crippen LogP contribution in [-0.4, -0.2) is 15.2 Å². The third-order valence-corrected chi connectivity index (χ3v) is 2.48. The predicted molar refractivity (Wildman–Crippen MR) is 62.4 cm³/mol. The highest BCUT2D eigenvalue weighted by molar-refractivity contribution is 7.71. The molecule has 3 nitrogen and oxygen atoms in total. The van der Waals surface area contributed by atoms with Crippen LogP contribution in [0.15, 0.2) is 24.4 Å². The Labute approximate surface area is 97.1 Å². The molecule has 0 aliphatic rings. The highest BCUT2D eigenvalue weighted by Gasteiger charge is 2.02. The number of hydrogen-bond acceptors (Lipinski definition) is 3. The Balaban J connectivity index is 2.63. The number of nitrogens with zero attached hydrogens (tertiary/aromatic N) is 2. The molecule has 0 atom stereocenters. The van der Waals surface area contributed by atoms with E-state index in [1.807, 2.05) is 19.1 Å². The van der Waals surface area contributed by atoms with Crippen molar-refractivity contribution in [1.82, 2.24) is 15.2 Å². The summed E-state index contributed by atoms with van der Waals surface area (Å²) in [5.74, 6) is 0. The second-order valence-electron chi connectivity index (χ2n) is 3.12. The first-order valence-corrected chi connectivity index (χ1v) is 5.14. The Kier molecular flexibility index (Phi) is 2.79. The normalized spacial score (nSPS) is 10.3. The van der Waals surface area contributed by atoms with Crippen LogP contribution in [0.2, 0.25) is 5.15 Å². The van der Waals surface area contributed by atoms with Crippen molar-refractivity contribution in [3.63, 3.8) is 0 Å². The fraction of sp³-hybridized carbons (Fsp3) is 0.100. The quantitative estimate of drug-likeness (QED) is 0.775. The first kappa shape index (κ1) is 10.3. The Morgan fingerprint density at radius 3 is 2.93 bits per heavy atom. The van der Waals surface area contributed by atoms with Crippen LogP contribution in [0.4, 0.5) is 0 Å². The molecule has 0 bridgehead atoms. The summed E-state index contributed by atoms with van der Waals surface area (Å²) in [6.07, 6.45) is 1.74. The smallest absolute Gasteiger partial charge is 0.150 e. The molecule has 2 heterocycles. The maximum Gasteiger partial charge on any atom is 0.150 e. The minimum absolute atomic E-state index is 0.396. The van der Waals surface area contributed by atoms with Gasteiger partial charge >= 0.3 is 0 Å². The monoisotopic (exact) mass is 237 g/mol. The van der Waals surface area contributed by atoms with Gasteiger partial charge in [-0.15, -0.1) is 0 Å². The van der Waals surface area contributed by atoms with Crippen molar-refractivity contribution in [1.29, 1.82) is 0 Å². The molecule has 2 rings (SSSR count). The molecule has 0 fully saturated rings. The van der Waals surface area contributed by atoms with E-state index in [0.717, 1.165) is 16.8 Å². The van der Waals surface area contributed by atoms with Gasteiger partial charge in [-0.2, -0.15) is 5.10 Å². The largest absolute Gasteiger partial charge is 0.266 e. The molecule has 2 aromatic heterocycles. The molecular formula is C10H8ClN3S. The van der Waals surface area contributed by atoms with Crippen LogP contribution < -0.4 is 0 Å². The van der Waals surface area contributed by atoms with Gasteiger partial charge in [0.1, 0.15) is 9.79 Å². The van der Waals surface area contributed by atoms with E-state index >= 15 is 0 Å². The molecular weight excluding hydrogens is 230 g/mol. The fourth-order valence-corrected chi connectivity index (χ4v) is 1.68. The molecule has 0 aliphatic heterocycles. The Morgan fingerprint density at radius 2 is 2.20 bits per heavy atom. The highest BCUT2D eigenvalue weighted by Crippen LogP contribution is 2.21. The molecule has 0 radical (unpaired) electrons. The van der Waals surface area contributed by atoms with Crippen molar-refractivity contribution in [2.75, 3.05) is 0 Å². The molecule has 15 heavy (non-hydrogen) atoms. The number of pyridine rings is 1. The van der Waals surface area contributed by atoms with Gasteiger partial charge in [-0.1, -0.05) is 23.8 Å². The van der Waals surface area contributed by atoms with Gasteiger partial charge in [0.15, 0.2) is 0 Å². The summed E-state index contributed by atoms with van der Waals surface area (Å²) in [5, 5.41) is 6.90. The Morgan fingerprint density at radius 1 is 1.40 bits per heavy atom. The van der Waals surface area contributed by atoms with E-state index < -0.39 is 0 Å². The SMILES string of the molecule is Cc1cc(-c2cc(Cl)n[nH]c2=S)ccn1. The standard InChI is InChI=1S/C10H8ClN3S/c1-6-4-7(2-3-12-6)8-5-9(11)13-14-10(8)15/h2-5H,1H3,(H,14,15). The van der Waals surface area contributed by atoms with Gasteiger partial charge < -0.3 is 0 Å². The zero-order valence-corrected chi connectivity index (χ0v) is 9.56. The molecule has 0 amide bonds. The molecule has 0 aliphatic carbocycles. The molecule has 0 saturated heterocycles. The topological polar surface area (TPSA) is 41.6 Å².